The van der Waals surface area contributed by atoms with Gasteiger partial charge in [-0.2, -0.15) is 0 Å². The lowest BCUT2D eigenvalue weighted by Gasteiger charge is -2.41. The van der Waals surface area contributed by atoms with E-state index in [2.05, 4.69) is 4.98 Å². The maximum absolute atomic E-state index is 13.2. The summed E-state index contributed by atoms with van der Waals surface area (Å²) in [4.78, 5) is 31.1. The second-order valence-electron chi connectivity index (χ2n) is 7.56. The molecule has 0 fully saturated rings. The lowest BCUT2D eigenvalue weighted by atomic mass is 9.87. The molecule has 2 atom stereocenters. The van der Waals surface area contributed by atoms with Crippen molar-refractivity contribution in [3.63, 3.8) is 0 Å². The number of hydrogen-bond acceptors (Lipinski definition) is 5. The fraction of sp³-hybridized carbons (Fsp3) is 0.304. The van der Waals surface area contributed by atoms with Gasteiger partial charge in [-0.3, -0.25) is 4.79 Å². The number of carbonyl (C=O) groups is 2. The molecule has 0 bridgehead atoms. The molecule has 0 radical (unpaired) electrons. The zero-order chi connectivity index (χ0) is 21.5. The van der Waals surface area contributed by atoms with Gasteiger partial charge in [-0.1, -0.05) is 24.3 Å². The van der Waals surface area contributed by atoms with Gasteiger partial charge in [0.2, 0.25) is 12.7 Å². The van der Waals surface area contributed by atoms with Crippen molar-refractivity contribution < 1.29 is 23.8 Å². The molecule has 2 aliphatic rings. The van der Waals surface area contributed by atoms with Crippen LogP contribution < -0.4 is 9.47 Å². The maximum atomic E-state index is 13.2. The second kappa shape index (κ2) is 7.81. The minimum Gasteiger partial charge on any atom is -0.467 e. The first-order valence-electron chi connectivity index (χ1n) is 10.1. The van der Waals surface area contributed by atoms with Crippen molar-refractivity contribution in [2.45, 2.75) is 24.9 Å². The number of ether oxygens (including phenoxy) is 3. The van der Waals surface area contributed by atoms with Crippen LogP contribution in [-0.4, -0.2) is 47.6 Å². The van der Waals surface area contributed by atoms with Crippen molar-refractivity contribution >= 4 is 34.4 Å². The molecular weight excluding hydrogens is 420 g/mol. The Hall–Kier alpha value is -3.19. The molecule has 1 amide bonds. The minimum absolute atomic E-state index is 0.117. The Balaban J connectivity index is 1.73. The van der Waals surface area contributed by atoms with Crippen LogP contribution in [0.25, 0.3) is 10.9 Å². The SMILES string of the molecule is COC(=O)[C@H]1Cc2c([nH]c3ccccc23)[C@@H](c2ccc3c(c2)OCO3)N1C(=O)CCCl. The van der Waals surface area contributed by atoms with Crippen molar-refractivity contribution in [2.75, 3.05) is 19.8 Å². The Bertz CT molecular complexity index is 1170. The summed E-state index contributed by atoms with van der Waals surface area (Å²) >= 11 is 5.90. The average Bonchev–Trinajstić information content (AvgIpc) is 3.41. The first-order chi connectivity index (χ1) is 15.1. The number of nitrogens with one attached hydrogen (secondary N) is 1. The zero-order valence-electron chi connectivity index (χ0n) is 16.9. The minimum atomic E-state index is -0.761. The van der Waals surface area contributed by atoms with Gasteiger partial charge < -0.3 is 24.1 Å². The van der Waals surface area contributed by atoms with Gasteiger partial charge in [0.25, 0.3) is 0 Å². The van der Waals surface area contributed by atoms with Gasteiger partial charge in [-0.05, 0) is 29.3 Å². The van der Waals surface area contributed by atoms with E-state index in [1.807, 2.05) is 42.5 Å². The van der Waals surface area contributed by atoms with E-state index in [9.17, 15) is 9.59 Å². The van der Waals surface area contributed by atoms with Crippen LogP contribution in [-0.2, 0) is 20.7 Å². The number of halogens is 1. The molecule has 3 aromatic rings. The molecule has 0 saturated heterocycles. The monoisotopic (exact) mass is 440 g/mol. The Kier molecular flexibility index (Phi) is 4.98. The Morgan fingerprint density at radius 3 is 2.81 bits per heavy atom. The highest BCUT2D eigenvalue weighted by Gasteiger charge is 2.44. The number of amides is 1. The number of rotatable bonds is 4. The summed E-state index contributed by atoms with van der Waals surface area (Å²) in [6, 6.07) is 12.2. The third-order valence-electron chi connectivity index (χ3n) is 5.91. The number of benzene rings is 2. The fourth-order valence-corrected chi connectivity index (χ4v) is 4.72. The van der Waals surface area contributed by atoms with Crippen LogP contribution in [0, 0.1) is 0 Å². The van der Waals surface area contributed by atoms with Gasteiger partial charge in [0.05, 0.1) is 13.2 Å². The molecule has 0 saturated carbocycles. The number of nitrogens with zero attached hydrogens (tertiary/aromatic N) is 1. The lowest BCUT2D eigenvalue weighted by molar-refractivity contribution is -0.155. The molecule has 160 valence electrons. The number of hydrogen-bond donors (Lipinski definition) is 1. The summed E-state index contributed by atoms with van der Waals surface area (Å²) in [5.41, 5.74) is 3.65. The molecule has 7 nitrogen and oxygen atoms in total. The van der Waals surface area contributed by atoms with E-state index in [0.29, 0.717) is 17.9 Å². The quantitative estimate of drug-likeness (QED) is 0.495. The van der Waals surface area contributed by atoms with Crippen molar-refractivity contribution in [2.24, 2.45) is 0 Å². The van der Waals surface area contributed by atoms with Crippen LogP contribution in [0.1, 0.15) is 29.3 Å². The molecule has 1 aromatic heterocycles. The fourth-order valence-electron chi connectivity index (χ4n) is 4.56. The van der Waals surface area contributed by atoms with E-state index < -0.39 is 18.1 Å². The van der Waals surface area contributed by atoms with E-state index in [0.717, 1.165) is 27.7 Å². The molecule has 2 aliphatic heterocycles. The number of esters is 1. The van der Waals surface area contributed by atoms with E-state index in [4.69, 9.17) is 25.8 Å². The molecule has 8 heteroatoms. The summed E-state index contributed by atoms with van der Waals surface area (Å²) in [5, 5.41) is 1.03. The van der Waals surface area contributed by atoms with E-state index in [-0.39, 0.29) is 25.0 Å². The number of H-pyrrole nitrogens is 1. The van der Waals surface area contributed by atoms with Gasteiger partial charge in [-0.15, -0.1) is 11.6 Å². The number of alkyl halides is 1. The standard InChI is InChI=1S/C23H21ClN2O5/c1-29-23(28)17-11-15-14-4-2-3-5-16(14)25-21(15)22(26(17)20(27)8-9-24)13-6-7-18-19(10-13)31-12-30-18/h2-7,10,17,22,25H,8-9,11-12H2,1H3/t17-,22-/m1/s1. The highest BCUT2D eigenvalue weighted by atomic mass is 35.5. The third-order valence-corrected chi connectivity index (χ3v) is 6.10. The van der Waals surface area contributed by atoms with Crippen LogP contribution in [0.5, 0.6) is 11.5 Å². The van der Waals surface area contributed by atoms with E-state index in [1.165, 1.54) is 7.11 Å². The first-order valence-corrected chi connectivity index (χ1v) is 10.6. The van der Waals surface area contributed by atoms with Crippen LogP contribution in [0.15, 0.2) is 42.5 Å². The van der Waals surface area contributed by atoms with E-state index in [1.54, 1.807) is 4.90 Å². The van der Waals surface area contributed by atoms with Gasteiger partial charge in [-0.25, -0.2) is 4.79 Å². The summed E-state index contributed by atoms with van der Waals surface area (Å²) < 4.78 is 16.1. The number of carbonyl (C=O) groups excluding carboxylic acids is 2. The Morgan fingerprint density at radius 1 is 1.19 bits per heavy atom. The largest absolute Gasteiger partial charge is 0.467 e. The normalized spacial score (nSPS) is 19.4. The van der Waals surface area contributed by atoms with E-state index >= 15 is 0 Å². The highest BCUT2D eigenvalue weighted by molar-refractivity contribution is 6.19. The predicted molar refractivity (Wildman–Crippen MR) is 114 cm³/mol. The zero-order valence-corrected chi connectivity index (χ0v) is 17.6. The summed E-state index contributed by atoms with van der Waals surface area (Å²) in [5.74, 6) is 0.762. The summed E-state index contributed by atoms with van der Waals surface area (Å²) in [7, 11) is 1.34. The lowest BCUT2D eigenvalue weighted by Crippen LogP contribution is -2.52. The number of aromatic nitrogens is 1. The predicted octanol–water partition coefficient (Wildman–Crippen LogP) is 3.54. The van der Waals surface area contributed by atoms with Gasteiger partial charge >= 0.3 is 5.97 Å². The van der Waals surface area contributed by atoms with Gasteiger partial charge in [0.1, 0.15) is 6.04 Å². The average molecular weight is 441 g/mol. The molecule has 0 aliphatic carbocycles. The maximum Gasteiger partial charge on any atom is 0.328 e. The van der Waals surface area contributed by atoms with Gasteiger partial charge in [0.15, 0.2) is 11.5 Å². The van der Waals surface area contributed by atoms with Crippen molar-refractivity contribution in [3.05, 3.63) is 59.3 Å². The summed E-state index contributed by atoms with van der Waals surface area (Å²) in [6.45, 7) is 0.154. The molecule has 1 N–H and O–H groups in total. The molecule has 5 rings (SSSR count). The number of fused-ring (bicyclic) bond motifs is 4. The van der Waals surface area contributed by atoms with Gasteiger partial charge in [0, 0.05) is 35.3 Å². The number of methoxy groups -OCH3 is 1. The molecular formula is C23H21ClN2O5. The number of para-hydroxylation sites is 1. The van der Waals surface area contributed by atoms with Crippen molar-refractivity contribution in [1.29, 1.82) is 0 Å². The van der Waals surface area contributed by atoms with Crippen LogP contribution in [0.3, 0.4) is 0 Å². The molecule has 2 aromatic carbocycles. The van der Waals surface area contributed by atoms with Crippen molar-refractivity contribution in [1.82, 2.24) is 9.88 Å². The molecule has 0 spiro atoms. The molecule has 0 unspecified atom stereocenters. The molecule has 31 heavy (non-hydrogen) atoms. The topological polar surface area (TPSA) is 80.9 Å². The summed E-state index contributed by atoms with van der Waals surface area (Å²) in [6.07, 6.45) is 0.479. The Morgan fingerprint density at radius 2 is 2.00 bits per heavy atom. The number of aromatic amines is 1. The van der Waals surface area contributed by atoms with Crippen molar-refractivity contribution in [3.8, 4) is 11.5 Å². The van der Waals surface area contributed by atoms with Crippen LogP contribution in [0.4, 0.5) is 0 Å². The third kappa shape index (κ3) is 3.20. The van der Waals surface area contributed by atoms with Crippen LogP contribution >= 0.6 is 11.6 Å². The highest BCUT2D eigenvalue weighted by Crippen LogP contribution is 2.44. The second-order valence-corrected chi connectivity index (χ2v) is 7.94. The first kappa shape index (κ1) is 19.8. The Labute approximate surface area is 183 Å². The molecule has 3 heterocycles. The van der Waals surface area contributed by atoms with Crippen LogP contribution in [0.2, 0.25) is 0 Å². The smallest absolute Gasteiger partial charge is 0.328 e.